The van der Waals surface area contributed by atoms with Crippen molar-refractivity contribution in [2.75, 3.05) is 11.4 Å². The van der Waals surface area contributed by atoms with Crippen LogP contribution in [0, 0.1) is 20.8 Å². The SMILES string of the molecule is Cc1cc(C)c(CNC(=O)c2cc(Cl)cc(N3CCCCC3=O)c2C)c(=O)[nH]1. The molecule has 7 heteroatoms. The highest BCUT2D eigenvalue weighted by molar-refractivity contribution is 6.31. The van der Waals surface area contributed by atoms with Gasteiger partial charge in [0.1, 0.15) is 0 Å². The summed E-state index contributed by atoms with van der Waals surface area (Å²) in [5, 5.41) is 3.20. The number of carbonyl (C=O) groups excluding carboxylic acids is 2. The molecule has 1 aromatic heterocycles. The lowest BCUT2D eigenvalue weighted by Crippen LogP contribution is -2.36. The zero-order valence-electron chi connectivity index (χ0n) is 16.3. The van der Waals surface area contributed by atoms with Crippen molar-refractivity contribution in [3.05, 3.63) is 61.5 Å². The summed E-state index contributed by atoms with van der Waals surface area (Å²) in [5.41, 5.74) is 3.69. The number of piperidine rings is 1. The number of amides is 2. The quantitative estimate of drug-likeness (QED) is 0.823. The van der Waals surface area contributed by atoms with E-state index in [-0.39, 0.29) is 23.9 Å². The van der Waals surface area contributed by atoms with Gasteiger partial charge < -0.3 is 15.2 Å². The van der Waals surface area contributed by atoms with E-state index >= 15 is 0 Å². The van der Waals surface area contributed by atoms with Crippen LogP contribution in [0.25, 0.3) is 0 Å². The summed E-state index contributed by atoms with van der Waals surface area (Å²) in [5.74, 6) is -0.283. The van der Waals surface area contributed by atoms with Gasteiger partial charge in [-0.3, -0.25) is 14.4 Å². The van der Waals surface area contributed by atoms with Crippen LogP contribution < -0.4 is 15.8 Å². The maximum atomic E-state index is 12.8. The number of nitrogens with one attached hydrogen (secondary N) is 2. The highest BCUT2D eigenvalue weighted by atomic mass is 35.5. The minimum absolute atomic E-state index is 0.0461. The average Bonchev–Trinajstić information content (AvgIpc) is 2.63. The van der Waals surface area contributed by atoms with Crippen molar-refractivity contribution in [1.29, 1.82) is 0 Å². The molecule has 1 saturated heterocycles. The Morgan fingerprint density at radius 3 is 2.61 bits per heavy atom. The number of anilines is 1. The van der Waals surface area contributed by atoms with Crippen molar-refractivity contribution in [3.63, 3.8) is 0 Å². The van der Waals surface area contributed by atoms with Gasteiger partial charge in [-0.15, -0.1) is 0 Å². The zero-order chi connectivity index (χ0) is 20.4. The van der Waals surface area contributed by atoms with E-state index in [0.717, 1.165) is 24.1 Å². The van der Waals surface area contributed by atoms with Crippen LogP contribution in [0.2, 0.25) is 5.02 Å². The molecule has 2 amide bonds. The largest absolute Gasteiger partial charge is 0.348 e. The van der Waals surface area contributed by atoms with Gasteiger partial charge in [-0.1, -0.05) is 11.6 Å². The summed E-state index contributed by atoms with van der Waals surface area (Å²) >= 11 is 6.25. The fraction of sp³-hybridized carbons (Fsp3) is 0.381. The van der Waals surface area contributed by atoms with Crippen LogP contribution in [0.1, 0.15) is 52.0 Å². The van der Waals surface area contributed by atoms with Crippen LogP contribution in [-0.2, 0) is 11.3 Å². The fourth-order valence-electron chi connectivity index (χ4n) is 3.61. The molecule has 1 aliphatic rings. The van der Waals surface area contributed by atoms with Crippen molar-refractivity contribution in [3.8, 4) is 0 Å². The van der Waals surface area contributed by atoms with E-state index in [4.69, 9.17) is 11.6 Å². The Balaban J connectivity index is 1.86. The standard InChI is InChI=1S/C21H24ClN3O3/c1-12-8-13(2)24-21(28)17(12)11-23-20(27)16-9-15(22)10-18(14(16)3)25-7-5-4-6-19(25)26/h8-10H,4-7,11H2,1-3H3,(H,23,27)(H,24,28). The molecular formula is C21H24ClN3O3. The van der Waals surface area contributed by atoms with Crippen molar-refractivity contribution >= 4 is 29.1 Å². The number of benzene rings is 1. The first-order chi connectivity index (χ1) is 13.3. The number of carbonyl (C=O) groups is 2. The van der Waals surface area contributed by atoms with Gasteiger partial charge >= 0.3 is 0 Å². The Morgan fingerprint density at radius 2 is 1.93 bits per heavy atom. The molecule has 0 atom stereocenters. The lowest BCUT2D eigenvalue weighted by Gasteiger charge is -2.29. The molecule has 2 aromatic rings. The van der Waals surface area contributed by atoms with Crippen LogP contribution in [0.15, 0.2) is 23.0 Å². The molecule has 2 heterocycles. The van der Waals surface area contributed by atoms with E-state index < -0.39 is 0 Å². The molecule has 148 valence electrons. The Labute approximate surface area is 168 Å². The van der Waals surface area contributed by atoms with Gasteiger partial charge in [0.2, 0.25) is 5.91 Å². The molecule has 0 unspecified atom stereocenters. The number of pyridine rings is 1. The summed E-state index contributed by atoms with van der Waals surface area (Å²) in [6.07, 6.45) is 2.31. The second-order valence-corrected chi connectivity index (χ2v) is 7.66. The average molecular weight is 402 g/mol. The molecular weight excluding hydrogens is 378 g/mol. The number of nitrogens with zero attached hydrogens (tertiary/aromatic N) is 1. The molecule has 0 bridgehead atoms. The second kappa shape index (κ2) is 8.19. The predicted molar refractivity (Wildman–Crippen MR) is 110 cm³/mol. The molecule has 1 aromatic carbocycles. The number of aryl methyl sites for hydroxylation is 2. The first kappa shape index (κ1) is 20.1. The van der Waals surface area contributed by atoms with Gasteiger partial charge in [0.15, 0.2) is 0 Å². The highest BCUT2D eigenvalue weighted by Crippen LogP contribution is 2.30. The minimum atomic E-state index is -0.329. The predicted octanol–water partition coefficient (Wildman–Crippen LogP) is 3.40. The van der Waals surface area contributed by atoms with E-state index in [1.165, 1.54) is 0 Å². The Morgan fingerprint density at radius 1 is 1.18 bits per heavy atom. The number of halogens is 1. The van der Waals surface area contributed by atoms with E-state index in [9.17, 15) is 14.4 Å². The van der Waals surface area contributed by atoms with Crippen LogP contribution in [-0.4, -0.2) is 23.3 Å². The molecule has 2 N–H and O–H groups in total. The smallest absolute Gasteiger partial charge is 0.253 e. The molecule has 0 saturated carbocycles. The van der Waals surface area contributed by atoms with Gasteiger partial charge in [0.05, 0.1) is 0 Å². The number of hydrogen-bond donors (Lipinski definition) is 2. The number of aromatic amines is 1. The number of rotatable bonds is 4. The van der Waals surface area contributed by atoms with Gasteiger partial charge in [-0.2, -0.15) is 0 Å². The Bertz CT molecular complexity index is 997. The number of hydrogen-bond acceptors (Lipinski definition) is 3. The van der Waals surface area contributed by atoms with E-state index in [1.807, 2.05) is 26.8 Å². The first-order valence-electron chi connectivity index (χ1n) is 9.36. The monoisotopic (exact) mass is 401 g/mol. The molecule has 28 heavy (non-hydrogen) atoms. The first-order valence-corrected chi connectivity index (χ1v) is 9.74. The Kier molecular flexibility index (Phi) is 5.89. The molecule has 1 aliphatic heterocycles. The third kappa shape index (κ3) is 4.12. The molecule has 0 aliphatic carbocycles. The maximum absolute atomic E-state index is 12.8. The summed E-state index contributed by atoms with van der Waals surface area (Å²) in [6, 6.07) is 5.19. The van der Waals surface area contributed by atoms with Gasteiger partial charge in [0, 0.05) is 47.0 Å². The highest BCUT2D eigenvalue weighted by Gasteiger charge is 2.24. The topological polar surface area (TPSA) is 82.3 Å². The minimum Gasteiger partial charge on any atom is -0.348 e. The summed E-state index contributed by atoms with van der Waals surface area (Å²) in [6.45, 7) is 6.21. The molecule has 0 spiro atoms. The summed E-state index contributed by atoms with van der Waals surface area (Å²) in [7, 11) is 0. The fourth-order valence-corrected chi connectivity index (χ4v) is 3.82. The lowest BCUT2D eigenvalue weighted by molar-refractivity contribution is -0.119. The van der Waals surface area contributed by atoms with Crippen molar-refractivity contribution in [2.24, 2.45) is 0 Å². The van der Waals surface area contributed by atoms with Crippen molar-refractivity contribution in [1.82, 2.24) is 10.3 Å². The normalized spacial score (nSPS) is 14.3. The van der Waals surface area contributed by atoms with E-state index in [1.54, 1.807) is 17.0 Å². The second-order valence-electron chi connectivity index (χ2n) is 7.23. The third-order valence-corrected chi connectivity index (χ3v) is 5.34. The van der Waals surface area contributed by atoms with Gasteiger partial charge in [0.25, 0.3) is 11.5 Å². The van der Waals surface area contributed by atoms with Gasteiger partial charge in [-0.25, -0.2) is 0 Å². The number of H-pyrrole nitrogens is 1. The van der Waals surface area contributed by atoms with Crippen LogP contribution >= 0.6 is 11.6 Å². The van der Waals surface area contributed by atoms with E-state index in [0.29, 0.717) is 40.4 Å². The molecule has 6 nitrogen and oxygen atoms in total. The van der Waals surface area contributed by atoms with Gasteiger partial charge in [-0.05, 0) is 62.9 Å². The number of aromatic nitrogens is 1. The molecule has 1 fully saturated rings. The van der Waals surface area contributed by atoms with Crippen LogP contribution in [0.3, 0.4) is 0 Å². The van der Waals surface area contributed by atoms with Crippen LogP contribution in [0.4, 0.5) is 5.69 Å². The summed E-state index contributed by atoms with van der Waals surface area (Å²) in [4.78, 5) is 41.7. The summed E-state index contributed by atoms with van der Waals surface area (Å²) < 4.78 is 0. The van der Waals surface area contributed by atoms with Crippen molar-refractivity contribution < 1.29 is 9.59 Å². The Hall–Kier alpha value is -2.60. The maximum Gasteiger partial charge on any atom is 0.253 e. The lowest BCUT2D eigenvalue weighted by atomic mass is 10.0. The molecule has 3 rings (SSSR count). The zero-order valence-corrected chi connectivity index (χ0v) is 17.1. The third-order valence-electron chi connectivity index (χ3n) is 5.12. The van der Waals surface area contributed by atoms with Crippen LogP contribution in [0.5, 0.6) is 0 Å². The van der Waals surface area contributed by atoms with Crippen molar-refractivity contribution in [2.45, 2.75) is 46.6 Å². The molecule has 0 radical (unpaired) electrons. The van der Waals surface area contributed by atoms with E-state index in [2.05, 4.69) is 10.3 Å².